The smallest absolute Gasteiger partial charge is 0.223 e. The lowest BCUT2D eigenvalue weighted by Gasteiger charge is -2.20. The minimum atomic E-state index is 0.330. The van der Waals surface area contributed by atoms with Crippen LogP contribution in [0, 0.1) is 17.8 Å². The number of unbranched alkanes of at least 4 members (excludes halogenated alkanes) is 1. The highest BCUT2D eigenvalue weighted by molar-refractivity contribution is 9.09. The number of halogens is 1. The average Bonchev–Trinajstić information content (AvgIpc) is 2.85. The van der Waals surface area contributed by atoms with Crippen molar-refractivity contribution in [3.8, 4) is 0 Å². The van der Waals surface area contributed by atoms with E-state index in [0.717, 1.165) is 37.1 Å². The van der Waals surface area contributed by atoms with E-state index in [1.807, 2.05) is 0 Å². The lowest BCUT2D eigenvalue weighted by atomic mass is 9.88. The van der Waals surface area contributed by atoms with Crippen molar-refractivity contribution in [1.82, 2.24) is 5.32 Å². The molecule has 2 aliphatic carbocycles. The molecule has 0 aromatic heterocycles. The molecule has 1 N–H and O–H groups in total. The topological polar surface area (TPSA) is 29.1 Å². The van der Waals surface area contributed by atoms with E-state index in [2.05, 4.69) is 21.2 Å². The summed E-state index contributed by atoms with van der Waals surface area (Å²) in [6.45, 7) is 0.859. The molecule has 0 heterocycles. The van der Waals surface area contributed by atoms with Crippen molar-refractivity contribution < 1.29 is 4.79 Å². The largest absolute Gasteiger partial charge is 0.356 e. The van der Waals surface area contributed by atoms with E-state index >= 15 is 0 Å². The fourth-order valence-electron chi connectivity index (χ4n) is 3.13. The van der Waals surface area contributed by atoms with Crippen LogP contribution in [0.2, 0.25) is 0 Å². The number of alkyl halides is 1. The van der Waals surface area contributed by atoms with Gasteiger partial charge in [0.2, 0.25) is 5.91 Å². The molecule has 3 atom stereocenters. The van der Waals surface area contributed by atoms with Crippen molar-refractivity contribution in [3.63, 3.8) is 0 Å². The molecule has 3 unspecified atom stereocenters. The molecule has 1 amide bonds. The number of rotatable bonds is 5. The number of hydrogen-bond donors (Lipinski definition) is 1. The van der Waals surface area contributed by atoms with E-state index in [0.29, 0.717) is 17.7 Å². The third-order valence-electron chi connectivity index (χ3n) is 3.93. The molecule has 2 bridgehead atoms. The Morgan fingerprint density at radius 1 is 1.27 bits per heavy atom. The second kappa shape index (κ2) is 5.33. The Hall–Kier alpha value is -0.0500. The number of carbonyl (C=O) groups is 1. The zero-order valence-corrected chi connectivity index (χ0v) is 10.8. The Labute approximate surface area is 100 Å². The molecule has 2 saturated carbocycles. The normalized spacial score (nSPS) is 33.3. The quantitative estimate of drug-likeness (QED) is 0.606. The van der Waals surface area contributed by atoms with Gasteiger partial charge in [-0.2, -0.15) is 0 Å². The summed E-state index contributed by atoms with van der Waals surface area (Å²) in [5.74, 6) is 2.27. The third-order valence-corrected chi connectivity index (χ3v) is 4.50. The van der Waals surface area contributed by atoms with Crippen LogP contribution in [0.15, 0.2) is 0 Å². The van der Waals surface area contributed by atoms with E-state index in [1.54, 1.807) is 0 Å². The maximum Gasteiger partial charge on any atom is 0.223 e. The highest BCUT2D eigenvalue weighted by Gasteiger charge is 2.42. The monoisotopic (exact) mass is 273 g/mol. The molecule has 2 aliphatic rings. The zero-order chi connectivity index (χ0) is 10.7. The summed E-state index contributed by atoms with van der Waals surface area (Å²) in [7, 11) is 0. The van der Waals surface area contributed by atoms with Gasteiger partial charge in [0, 0.05) is 17.8 Å². The molecule has 15 heavy (non-hydrogen) atoms. The maximum atomic E-state index is 11.9. The van der Waals surface area contributed by atoms with Crippen LogP contribution in [0.3, 0.4) is 0 Å². The standard InChI is InChI=1S/C12H20BrNO/c13-5-1-2-6-14-12(15)11-8-9-3-4-10(11)7-9/h9-11H,1-8H2,(H,14,15). The van der Waals surface area contributed by atoms with Gasteiger partial charge in [0.05, 0.1) is 0 Å². The molecule has 0 aromatic rings. The predicted octanol–water partition coefficient (Wildman–Crippen LogP) is 2.71. The van der Waals surface area contributed by atoms with Crippen molar-refractivity contribution in [3.05, 3.63) is 0 Å². The van der Waals surface area contributed by atoms with Gasteiger partial charge < -0.3 is 5.32 Å². The average molecular weight is 274 g/mol. The van der Waals surface area contributed by atoms with E-state index < -0.39 is 0 Å². The van der Waals surface area contributed by atoms with Gasteiger partial charge in [-0.05, 0) is 43.9 Å². The SMILES string of the molecule is O=C(NCCCCBr)C1CC2CCC1C2. The Bertz CT molecular complexity index is 232. The Kier molecular flexibility index (Phi) is 4.06. The first-order chi connectivity index (χ1) is 7.31. The van der Waals surface area contributed by atoms with Crippen LogP contribution in [0.25, 0.3) is 0 Å². The van der Waals surface area contributed by atoms with Gasteiger partial charge in [0.1, 0.15) is 0 Å². The van der Waals surface area contributed by atoms with Crippen molar-refractivity contribution in [2.45, 2.75) is 38.5 Å². The summed E-state index contributed by atoms with van der Waals surface area (Å²) in [4.78, 5) is 11.9. The maximum absolute atomic E-state index is 11.9. The van der Waals surface area contributed by atoms with Crippen molar-refractivity contribution in [2.75, 3.05) is 11.9 Å². The van der Waals surface area contributed by atoms with Gasteiger partial charge >= 0.3 is 0 Å². The zero-order valence-electron chi connectivity index (χ0n) is 9.18. The second-order valence-corrected chi connectivity index (χ2v) is 5.76. The van der Waals surface area contributed by atoms with Crippen molar-refractivity contribution in [2.24, 2.45) is 17.8 Å². The molecule has 0 radical (unpaired) electrons. The molecule has 2 rings (SSSR count). The van der Waals surface area contributed by atoms with Gasteiger partial charge in [-0.3, -0.25) is 4.79 Å². The molecule has 0 aromatic carbocycles. The Morgan fingerprint density at radius 3 is 2.73 bits per heavy atom. The number of hydrogen-bond acceptors (Lipinski definition) is 1. The molecule has 2 fully saturated rings. The van der Waals surface area contributed by atoms with Crippen LogP contribution in [0.5, 0.6) is 0 Å². The molecule has 0 spiro atoms. The molecule has 0 aliphatic heterocycles. The lowest BCUT2D eigenvalue weighted by Crippen LogP contribution is -2.34. The first kappa shape index (κ1) is 11.4. The Balaban J connectivity index is 1.68. The summed E-state index contributed by atoms with van der Waals surface area (Å²) < 4.78 is 0. The summed E-state index contributed by atoms with van der Waals surface area (Å²) in [6.07, 6.45) is 7.39. The van der Waals surface area contributed by atoms with Crippen LogP contribution in [-0.4, -0.2) is 17.8 Å². The fraction of sp³-hybridized carbons (Fsp3) is 0.917. The molecular formula is C12H20BrNO. The van der Waals surface area contributed by atoms with Crippen molar-refractivity contribution >= 4 is 21.8 Å². The van der Waals surface area contributed by atoms with E-state index in [-0.39, 0.29) is 0 Å². The highest BCUT2D eigenvalue weighted by atomic mass is 79.9. The number of fused-ring (bicyclic) bond motifs is 2. The van der Waals surface area contributed by atoms with Gasteiger partial charge in [-0.15, -0.1) is 0 Å². The molecule has 86 valence electrons. The number of carbonyl (C=O) groups excluding carboxylic acids is 1. The van der Waals surface area contributed by atoms with E-state index in [9.17, 15) is 4.79 Å². The minimum absolute atomic E-state index is 0.330. The second-order valence-electron chi connectivity index (χ2n) is 4.97. The predicted molar refractivity (Wildman–Crippen MR) is 65.0 cm³/mol. The van der Waals surface area contributed by atoms with E-state index in [4.69, 9.17) is 0 Å². The molecule has 0 saturated heterocycles. The minimum Gasteiger partial charge on any atom is -0.356 e. The first-order valence-electron chi connectivity index (χ1n) is 6.15. The highest BCUT2D eigenvalue weighted by Crippen LogP contribution is 2.48. The third kappa shape index (κ3) is 2.74. The molecule has 3 heteroatoms. The van der Waals surface area contributed by atoms with Gasteiger partial charge in [-0.1, -0.05) is 22.4 Å². The van der Waals surface area contributed by atoms with Gasteiger partial charge in [0.25, 0.3) is 0 Å². The lowest BCUT2D eigenvalue weighted by molar-refractivity contribution is -0.126. The molecule has 2 nitrogen and oxygen atoms in total. The van der Waals surface area contributed by atoms with Crippen LogP contribution in [0.4, 0.5) is 0 Å². The summed E-state index contributed by atoms with van der Waals surface area (Å²) in [5, 5.41) is 4.12. The van der Waals surface area contributed by atoms with Crippen LogP contribution in [-0.2, 0) is 4.79 Å². The molecular weight excluding hydrogens is 254 g/mol. The summed E-state index contributed by atoms with van der Waals surface area (Å²) in [5.41, 5.74) is 0. The Morgan fingerprint density at radius 2 is 2.13 bits per heavy atom. The van der Waals surface area contributed by atoms with Crippen molar-refractivity contribution in [1.29, 1.82) is 0 Å². The van der Waals surface area contributed by atoms with E-state index in [1.165, 1.54) is 19.3 Å². The van der Waals surface area contributed by atoms with Crippen LogP contribution in [0.1, 0.15) is 38.5 Å². The van der Waals surface area contributed by atoms with Crippen LogP contribution >= 0.6 is 15.9 Å². The summed E-state index contributed by atoms with van der Waals surface area (Å²) >= 11 is 3.40. The summed E-state index contributed by atoms with van der Waals surface area (Å²) in [6, 6.07) is 0. The number of amides is 1. The fourth-order valence-corrected chi connectivity index (χ4v) is 3.52. The first-order valence-corrected chi connectivity index (χ1v) is 7.27. The van der Waals surface area contributed by atoms with Gasteiger partial charge in [0.15, 0.2) is 0 Å². The van der Waals surface area contributed by atoms with Gasteiger partial charge in [-0.25, -0.2) is 0 Å². The number of nitrogens with one attached hydrogen (secondary N) is 1. The van der Waals surface area contributed by atoms with Crippen LogP contribution < -0.4 is 5.32 Å².